The molecule has 2 saturated heterocycles. The minimum absolute atomic E-state index is 0.00551. The van der Waals surface area contributed by atoms with Crippen LogP contribution in [0.3, 0.4) is 0 Å². The first-order valence-corrected chi connectivity index (χ1v) is 11.1. The van der Waals surface area contributed by atoms with Crippen molar-refractivity contribution in [1.82, 2.24) is 14.7 Å². The molecular formula is C20H30N4O4S. The van der Waals surface area contributed by atoms with E-state index in [-0.39, 0.29) is 24.3 Å². The van der Waals surface area contributed by atoms with Gasteiger partial charge in [-0.15, -0.1) is 0 Å². The first kappa shape index (κ1) is 21.7. The van der Waals surface area contributed by atoms with Crippen molar-refractivity contribution in [2.24, 2.45) is 0 Å². The molecule has 2 fully saturated rings. The van der Waals surface area contributed by atoms with Crippen LogP contribution in [-0.4, -0.2) is 87.6 Å². The molecule has 2 atom stereocenters. The summed E-state index contributed by atoms with van der Waals surface area (Å²) in [5, 5.41) is 0. The van der Waals surface area contributed by atoms with E-state index in [1.54, 1.807) is 25.1 Å². The monoisotopic (exact) mass is 422 g/mol. The molecule has 0 spiro atoms. The maximum Gasteiger partial charge on any atom is 0.261 e. The number of anilines is 1. The van der Waals surface area contributed by atoms with Crippen LogP contribution < -0.4 is 4.31 Å². The maximum atomic E-state index is 13.1. The zero-order valence-corrected chi connectivity index (χ0v) is 17.9. The fourth-order valence-corrected chi connectivity index (χ4v) is 4.41. The zero-order valence-electron chi connectivity index (χ0n) is 17.1. The van der Waals surface area contributed by atoms with Crippen LogP contribution in [0.4, 0.5) is 5.69 Å². The third kappa shape index (κ3) is 5.55. The lowest BCUT2D eigenvalue weighted by Gasteiger charge is -2.42. The summed E-state index contributed by atoms with van der Waals surface area (Å²) in [7, 11) is 1.53. The predicted octanol–water partition coefficient (Wildman–Crippen LogP) is 0.957. The van der Waals surface area contributed by atoms with Gasteiger partial charge in [-0.3, -0.25) is 18.4 Å². The van der Waals surface area contributed by atoms with Crippen LogP contribution in [0.5, 0.6) is 0 Å². The molecule has 0 radical (unpaired) electrons. The Morgan fingerprint density at radius 2 is 1.93 bits per heavy atom. The normalized spacial score (nSPS) is 21.3. The van der Waals surface area contributed by atoms with Gasteiger partial charge >= 0.3 is 0 Å². The molecule has 2 aliphatic rings. The lowest BCUT2D eigenvalue weighted by molar-refractivity contribution is -0.142. The Balaban J connectivity index is 1.71. The Morgan fingerprint density at radius 1 is 1.21 bits per heavy atom. The van der Waals surface area contributed by atoms with Crippen molar-refractivity contribution < 1.29 is 18.4 Å². The van der Waals surface area contributed by atoms with Crippen molar-refractivity contribution in [3.05, 3.63) is 29.8 Å². The van der Waals surface area contributed by atoms with Crippen molar-refractivity contribution in [1.29, 1.82) is 0 Å². The van der Waals surface area contributed by atoms with Crippen molar-refractivity contribution in [3.63, 3.8) is 0 Å². The largest absolute Gasteiger partial charge is 0.339 e. The van der Waals surface area contributed by atoms with Gasteiger partial charge in [0.1, 0.15) is 0 Å². The molecule has 0 aromatic heterocycles. The van der Waals surface area contributed by atoms with E-state index >= 15 is 0 Å². The molecule has 0 aliphatic carbocycles. The molecule has 1 aromatic rings. The maximum absolute atomic E-state index is 13.1. The number of likely N-dealkylation sites (tertiary alicyclic amines) is 1. The summed E-state index contributed by atoms with van der Waals surface area (Å²) in [5.74, 6) is 0.0820. The molecule has 1 aromatic carbocycles. The lowest BCUT2D eigenvalue weighted by Crippen LogP contribution is -2.59. The summed E-state index contributed by atoms with van der Waals surface area (Å²) in [5.41, 5.74) is 1.39. The Labute approximate surface area is 174 Å². The third-order valence-corrected chi connectivity index (χ3v) is 6.46. The SMILES string of the molecule is CC(=O)N1CCN(C(=O)Cc2cccc(N(C)S(=O)O)c2)[C@H](CN2CCCC2)C1. The Kier molecular flexibility index (Phi) is 7.26. The van der Waals surface area contributed by atoms with E-state index in [0.29, 0.717) is 25.3 Å². The van der Waals surface area contributed by atoms with E-state index in [1.165, 1.54) is 24.2 Å². The van der Waals surface area contributed by atoms with Crippen LogP contribution in [0.1, 0.15) is 25.3 Å². The number of nitrogens with zero attached hydrogens (tertiary/aromatic N) is 4. The molecule has 0 bridgehead atoms. The molecular weight excluding hydrogens is 392 g/mol. The topological polar surface area (TPSA) is 84.4 Å². The zero-order chi connectivity index (χ0) is 21.0. The minimum Gasteiger partial charge on any atom is -0.339 e. The highest BCUT2D eigenvalue weighted by Crippen LogP contribution is 2.19. The molecule has 160 valence electrons. The summed E-state index contributed by atoms with van der Waals surface area (Å²) in [6.45, 7) is 6.14. The Bertz CT molecular complexity index is 769. The number of benzene rings is 1. The van der Waals surface area contributed by atoms with Crippen LogP contribution in [-0.2, 0) is 27.3 Å². The predicted molar refractivity (Wildman–Crippen MR) is 113 cm³/mol. The summed E-state index contributed by atoms with van der Waals surface area (Å²) in [6.07, 6.45) is 2.60. The van der Waals surface area contributed by atoms with Crippen molar-refractivity contribution in [3.8, 4) is 0 Å². The molecule has 1 unspecified atom stereocenters. The average molecular weight is 423 g/mol. The molecule has 1 N–H and O–H groups in total. The van der Waals surface area contributed by atoms with E-state index < -0.39 is 11.3 Å². The van der Waals surface area contributed by atoms with E-state index in [9.17, 15) is 18.4 Å². The quantitative estimate of drug-likeness (QED) is 0.691. The molecule has 29 heavy (non-hydrogen) atoms. The van der Waals surface area contributed by atoms with Gasteiger partial charge < -0.3 is 14.7 Å². The highest BCUT2D eigenvalue weighted by Gasteiger charge is 2.33. The summed E-state index contributed by atoms with van der Waals surface area (Å²) >= 11 is -2.11. The molecule has 9 heteroatoms. The highest BCUT2D eigenvalue weighted by molar-refractivity contribution is 7.80. The molecule has 2 amide bonds. The standard InChI is InChI=1S/C20H30N4O4S/c1-16(25)23-10-11-24(19(15-23)14-22-8-3-4-9-22)20(26)13-17-6-5-7-18(12-17)21(2)29(27)28/h5-7,12,19H,3-4,8-11,13-15H2,1-2H3,(H,27,28)/t19-/m1/s1. The fraction of sp³-hybridized carbons (Fsp3) is 0.600. The van der Waals surface area contributed by atoms with E-state index in [0.717, 1.165) is 25.2 Å². The minimum atomic E-state index is -2.11. The van der Waals surface area contributed by atoms with Crippen LogP contribution in [0, 0.1) is 0 Å². The van der Waals surface area contributed by atoms with Gasteiger partial charge in [-0.1, -0.05) is 12.1 Å². The van der Waals surface area contributed by atoms with Gasteiger partial charge in [0.15, 0.2) is 0 Å². The molecule has 2 heterocycles. The smallest absolute Gasteiger partial charge is 0.261 e. The van der Waals surface area contributed by atoms with Crippen LogP contribution >= 0.6 is 0 Å². The molecule has 0 saturated carbocycles. The van der Waals surface area contributed by atoms with Crippen LogP contribution in [0.15, 0.2) is 24.3 Å². The average Bonchev–Trinajstić information content (AvgIpc) is 3.20. The third-order valence-electron chi connectivity index (χ3n) is 5.78. The fourth-order valence-electron chi connectivity index (χ4n) is 4.12. The second kappa shape index (κ2) is 9.69. The highest BCUT2D eigenvalue weighted by atomic mass is 32.2. The van der Waals surface area contributed by atoms with Gasteiger partial charge in [0.2, 0.25) is 11.8 Å². The summed E-state index contributed by atoms with van der Waals surface area (Å²) in [4.78, 5) is 31.1. The van der Waals surface area contributed by atoms with Crippen molar-refractivity contribution in [2.75, 3.05) is 50.6 Å². The molecule has 8 nitrogen and oxygen atoms in total. The van der Waals surface area contributed by atoms with Gasteiger partial charge in [-0.2, -0.15) is 0 Å². The Morgan fingerprint density at radius 3 is 2.59 bits per heavy atom. The molecule has 3 rings (SSSR count). The second-order valence-electron chi connectivity index (χ2n) is 7.79. The van der Waals surface area contributed by atoms with Crippen molar-refractivity contribution in [2.45, 2.75) is 32.2 Å². The number of piperazine rings is 1. The number of hydrogen-bond donors (Lipinski definition) is 1. The first-order valence-electron chi connectivity index (χ1n) is 10.1. The number of carbonyl (C=O) groups excluding carboxylic acids is 2. The lowest BCUT2D eigenvalue weighted by atomic mass is 10.1. The number of hydrogen-bond acceptors (Lipinski definition) is 4. The number of rotatable bonds is 6. The van der Waals surface area contributed by atoms with Gasteiger partial charge in [0.05, 0.1) is 18.2 Å². The second-order valence-corrected chi connectivity index (χ2v) is 8.80. The first-order chi connectivity index (χ1) is 13.8. The van der Waals surface area contributed by atoms with E-state index in [4.69, 9.17) is 0 Å². The number of amides is 2. The molecule has 2 aliphatic heterocycles. The summed E-state index contributed by atoms with van der Waals surface area (Å²) in [6, 6.07) is 7.15. The van der Waals surface area contributed by atoms with E-state index in [1.807, 2.05) is 15.9 Å². The van der Waals surface area contributed by atoms with Gasteiger partial charge in [0.25, 0.3) is 11.3 Å². The summed E-state index contributed by atoms with van der Waals surface area (Å²) < 4.78 is 21.8. The van der Waals surface area contributed by atoms with Gasteiger partial charge in [-0.25, -0.2) is 4.21 Å². The van der Waals surface area contributed by atoms with Gasteiger partial charge in [-0.05, 0) is 43.6 Å². The number of carbonyl (C=O) groups is 2. The Hall–Kier alpha value is -1.97. The van der Waals surface area contributed by atoms with Crippen molar-refractivity contribution >= 4 is 28.8 Å². The van der Waals surface area contributed by atoms with Crippen LogP contribution in [0.25, 0.3) is 0 Å². The van der Waals surface area contributed by atoms with E-state index in [2.05, 4.69) is 4.90 Å². The van der Waals surface area contributed by atoms with Gasteiger partial charge in [0, 0.05) is 40.2 Å². The van der Waals surface area contributed by atoms with Crippen LogP contribution in [0.2, 0.25) is 0 Å².